The van der Waals surface area contributed by atoms with Gasteiger partial charge in [0, 0.05) is 37.5 Å². The molecule has 2 aromatic rings. The predicted molar refractivity (Wildman–Crippen MR) is 92.5 cm³/mol. The van der Waals surface area contributed by atoms with Crippen molar-refractivity contribution in [3.05, 3.63) is 52.3 Å². The fourth-order valence-corrected chi connectivity index (χ4v) is 3.11. The SMILES string of the molecule is CC(N)C1CCN(C(=O)c2cnn(-c3ccc([N+](=O)[O-])cc3)c2)CC1. The van der Waals surface area contributed by atoms with Crippen LogP contribution in [0.4, 0.5) is 5.69 Å². The molecule has 132 valence electrons. The number of aromatic nitrogens is 2. The number of hydrogen-bond donors (Lipinski definition) is 1. The number of piperidine rings is 1. The molecule has 1 aromatic heterocycles. The van der Waals surface area contributed by atoms with Gasteiger partial charge in [0.05, 0.1) is 22.4 Å². The summed E-state index contributed by atoms with van der Waals surface area (Å²) < 4.78 is 1.55. The molecule has 1 fully saturated rings. The van der Waals surface area contributed by atoms with Crippen molar-refractivity contribution in [1.82, 2.24) is 14.7 Å². The molecule has 8 heteroatoms. The fourth-order valence-electron chi connectivity index (χ4n) is 3.11. The van der Waals surface area contributed by atoms with Crippen LogP contribution in [0.1, 0.15) is 30.1 Å². The van der Waals surface area contributed by atoms with Crippen LogP contribution in [0.15, 0.2) is 36.7 Å². The van der Waals surface area contributed by atoms with Gasteiger partial charge < -0.3 is 10.6 Å². The third-order valence-corrected chi connectivity index (χ3v) is 4.73. The number of likely N-dealkylation sites (tertiary alicyclic amines) is 1. The molecule has 2 N–H and O–H groups in total. The smallest absolute Gasteiger partial charge is 0.269 e. The van der Waals surface area contributed by atoms with E-state index in [-0.39, 0.29) is 17.6 Å². The second-order valence-electron chi connectivity index (χ2n) is 6.44. The molecular weight excluding hydrogens is 322 g/mol. The highest BCUT2D eigenvalue weighted by atomic mass is 16.6. The Morgan fingerprint density at radius 3 is 2.52 bits per heavy atom. The van der Waals surface area contributed by atoms with Gasteiger partial charge in [-0.1, -0.05) is 0 Å². The van der Waals surface area contributed by atoms with E-state index in [2.05, 4.69) is 5.10 Å². The van der Waals surface area contributed by atoms with E-state index >= 15 is 0 Å². The zero-order valence-corrected chi connectivity index (χ0v) is 14.0. The molecule has 1 aliphatic heterocycles. The first-order valence-corrected chi connectivity index (χ1v) is 8.30. The van der Waals surface area contributed by atoms with E-state index in [1.54, 1.807) is 23.0 Å². The van der Waals surface area contributed by atoms with Crippen molar-refractivity contribution in [2.75, 3.05) is 13.1 Å². The number of nitrogens with zero attached hydrogens (tertiary/aromatic N) is 4. The lowest BCUT2D eigenvalue weighted by Gasteiger charge is -2.33. The molecule has 8 nitrogen and oxygen atoms in total. The van der Waals surface area contributed by atoms with Gasteiger partial charge in [0.25, 0.3) is 11.6 Å². The molecule has 0 bridgehead atoms. The van der Waals surface area contributed by atoms with E-state index in [4.69, 9.17) is 5.73 Å². The number of carbonyl (C=O) groups is 1. The fraction of sp³-hybridized carbons (Fsp3) is 0.412. The molecule has 1 amide bonds. The number of amides is 1. The van der Waals surface area contributed by atoms with E-state index in [0.717, 1.165) is 12.8 Å². The Labute approximate surface area is 145 Å². The van der Waals surface area contributed by atoms with E-state index < -0.39 is 4.92 Å². The molecule has 0 saturated carbocycles. The molecule has 1 saturated heterocycles. The third kappa shape index (κ3) is 3.69. The third-order valence-electron chi connectivity index (χ3n) is 4.73. The number of nitrogens with two attached hydrogens (primary N) is 1. The molecule has 25 heavy (non-hydrogen) atoms. The summed E-state index contributed by atoms with van der Waals surface area (Å²) in [5.74, 6) is 0.420. The van der Waals surface area contributed by atoms with Crippen LogP contribution in [-0.4, -0.2) is 44.6 Å². The van der Waals surface area contributed by atoms with Crippen LogP contribution in [0.3, 0.4) is 0 Å². The summed E-state index contributed by atoms with van der Waals surface area (Å²) in [4.78, 5) is 24.7. The van der Waals surface area contributed by atoms with Crippen molar-refractivity contribution in [1.29, 1.82) is 0 Å². The zero-order chi connectivity index (χ0) is 18.0. The number of rotatable bonds is 4. The summed E-state index contributed by atoms with van der Waals surface area (Å²) in [5, 5.41) is 14.9. The number of carbonyl (C=O) groups excluding carboxylic acids is 1. The van der Waals surface area contributed by atoms with E-state index in [1.165, 1.54) is 18.3 Å². The van der Waals surface area contributed by atoms with Crippen molar-refractivity contribution in [3.63, 3.8) is 0 Å². The molecule has 0 aliphatic carbocycles. The predicted octanol–water partition coefficient (Wildman–Crippen LogP) is 1.98. The molecule has 2 heterocycles. The summed E-state index contributed by atoms with van der Waals surface area (Å²) in [6, 6.07) is 6.19. The number of hydrogen-bond acceptors (Lipinski definition) is 5. The first-order chi connectivity index (χ1) is 12.0. The van der Waals surface area contributed by atoms with E-state index in [0.29, 0.717) is 30.3 Å². The minimum atomic E-state index is -0.451. The van der Waals surface area contributed by atoms with Gasteiger partial charge >= 0.3 is 0 Å². The van der Waals surface area contributed by atoms with Crippen molar-refractivity contribution in [2.24, 2.45) is 11.7 Å². The molecule has 1 atom stereocenters. The standard InChI is InChI=1S/C17H21N5O3/c1-12(18)13-6-8-20(9-7-13)17(23)14-10-19-21(11-14)15-2-4-16(5-3-15)22(24)25/h2-5,10-13H,6-9,18H2,1H3. The van der Waals surface area contributed by atoms with Crippen LogP contribution in [0.2, 0.25) is 0 Å². The Hall–Kier alpha value is -2.74. The summed E-state index contributed by atoms with van der Waals surface area (Å²) in [6.45, 7) is 3.41. The maximum absolute atomic E-state index is 12.6. The summed E-state index contributed by atoms with van der Waals surface area (Å²) in [5.41, 5.74) is 7.13. The van der Waals surface area contributed by atoms with Crippen LogP contribution < -0.4 is 5.73 Å². The monoisotopic (exact) mass is 343 g/mol. The maximum Gasteiger partial charge on any atom is 0.269 e. The van der Waals surface area contributed by atoms with Crippen molar-refractivity contribution in [3.8, 4) is 5.69 Å². The van der Waals surface area contributed by atoms with Gasteiger partial charge in [-0.25, -0.2) is 4.68 Å². The largest absolute Gasteiger partial charge is 0.339 e. The minimum absolute atomic E-state index is 0.0178. The van der Waals surface area contributed by atoms with Gasteiger partial charge in [-0.05, 0) is 37.8 Å². The zero-order valence-electron chi connectivity index (χ0n) is 14.0. The van der Waals surface area contributed by atoms with Crippen molar-refractivity contribution in [2.45, 2.75) is 25.8 Å². The highest BCUT2D eigenvalue weighted by Crippen LogP contribution is 2.21. The van der Waals surface area contributed by atoms with Gasteiger partial charge in [-0.15, -0.1) is 0 Å². The van der Waals surface area contributed by atoms with Crippen LogP contribution in [0, 0.1) is 16.0 Å². The lowest BCUT2D eigenvalue weighted by molar-refractivity contribution is -0.384. The van der Waals surface area contributed by atoms with Gasteiger partial charge in [-0.3, -0.25) is 14.9 Å². The lowest BCUT2D eigenvalue weighted by atomic mass is 9.91. The van der Waals surface area contributed by atoms with Gasteiger partial charge in [0.1, 0.15) is 0 Å². The number of benzene rings is 1. The summed E-state index contributed by atoms with van der Waals surface area (Å²) in [7, 11) is 0. The molecule has 1 unspecified atom stereocenters. The van der Waals surface area contributed by atoms with Gasteiger partial charge in [0.2, 0.25) is 0 Å². The van der Waals surface area contributed by atoms with Crippen molar-refractivity contribution < 1.29 is 9.72 Å². The van der Waals surface area contributed by atoms with Crippen LogP contribution >= 0.6 is 0 Å². The summed E-state index contributed by atoms with van der Waals surface area (Å²) in [6.07, 6.45) is 5.02. The lowest BCUT2D eigenvalue weighted by Crippen LogP contribution is -2.42. The molecule has 1 aromatic carbocycles. The van der Waals surface area contributed by atoms with Crippen LogP contribution in [0.25, 0.3) is 5.69 Å². The first kappa shape index (κ1) is 17.1. The normalized spacial score (nSPS) is 16.6. The van der Waals surface area contributed by atoms with Crippen molar-refractivity contribution >= 4 is 11.6 Å². The number of nitro groups is 1. The molecule has 1 aliphatic rings. The Kier molecular flexibility index (Phi) is 4.80. The number of non-ortho nitro benzene ring substituents is 1. The highest BCUT2D eigenvalue weighted by molar-refractivity contribution is 5.93. The van der Waals surface area contributed by atoms with Gasteiger partial charge in [-0.2, -0.15) is 5.10 Å². The van der Waals surface area contributed by atoms with Gasteiger partial charge in [0.15, 0.2) is 0 Å². The maximum atomic E-state index is 12.6. The quantitative estimate of drug-likeness (QED) is 0.674. The molecule has 3 rings (SSSR count). The Bertz CT molecular complexity index is 761. The Balaban J connectivity index is 1.69. The first-order valence-electron chi connectivity index (χ1n) is 8.30. The topological polar surface area (TPSA) is 107 Å². The Morgan fingerprint density at radius 2 is 1.96 bits per heavy atom. The highest BCUT2D eigenvalue weighted by Gasteiger charge is 2.26. The molecule has 0 spiro atoms. The minimum Gasteiger partial charge on any atom is -0.339 e. The average Bonchev–Trinajstić information content (AvgIpc) is 3.11. The van der Waals surface area contributed by atoms with Crippen LogP contribution in [0.5, 0.6) is 0 Å². The van der Waals surface area contributed by atoms with E-state index in [9.17, 15) is 14.9 Å². The number of nitro benzene ring substituents is 1. The van der Waals surface area contributed by atoms with E-state index in [1.807, 2.05) is 11.8 Å². The molecule has 0 radical (unpaired) electrons. The van der Waals surface area contributed by atoms with Crippen LogP contribution in [-0.2, 0) is 0 Å². The summed E-state index contributed by atoms with van der Waals surface area (Å²) >= 11 is 0. The second kappa shape index (κ2) is 7.02. The molecular formula is C17H21N5O3. The second-order valence-corrected chi connectivity index (χ2v) is 6.44. The average molecular weight is 343 g/mol. The Morgan fingerprint density at radius 1 is 1.32 bits per heavy atom.